The Hall–Kier alpha value is -1.18. The van der Waals surface area contributed by atoms with Crippen molar-refractivity contribution in [1.82, 2.24) is 0 Å². The van der Waals surface area contributed by atoms with Crippen LogP contribution in [0.5, 0.6) is 11.5 Å². The van der Waals surface area contributed by atoms with Crippen LogP contribution >= 0.6 is 0 Å². The Balaban J connectivity index is 2.05. The summed E-state index contributed by atoms with van der Waals surface area (Å²) in [6.07, 6.45) is 5.00. The van der Waals surface area contributed by atoms with E-state index < -0.39 is 0 Å². The Kier molecular flexibility index (Phi) is 2.08. The van der Waals surface area contributed by atoms with Crippen LogP contribution in [-0.2, 0) is 6.42 Å². The second-order valence-electron chi connectivity index (χ2n) is 4.40. The molecule has 2 heteroatoms. The number of benzene rings is 1. The summed E-state index contributed by atoms with van der Waals surface area (Å²) in [5.41, 5.74) is 2.91. The van der Waals surface area contributed by atoms with E-state index in [9.17, 15) is 0 Å². The van der Waals surface area contributed by atoms with Crippen molar-refractivity contribution >= 4 is 0 Å². The van der Waals surface area contributed by atoms with Crippen molar-refractivity contribution in [3.05, 3.63) is 23.3 Å². The molecule has 0 fully saturated rings. The van der Waals surface area contributed by atoms with Gasteiger partial charge in [0.1, 0.15) is 0 Å². The summed E-state index contributed by atoms with van der Waals surface area (Å²) >= 11 is 0. The molecule has 1 heterocycles. The number of fused-ring (bicyclic) bond motifs is 3. The normalized spacial score (nSPS) is 21.8. The maximum Gasteiger partial charge on any atom is 0.231 e. The minimum absolute atomic E-state index is 0.393. The number of aryl methyl sites for hydroxylation is 1. The molecule has 0 aromatic heterocycles. The lowest BCUT2D eigenvalue weighted by atomic mass is 9.95. The van der Waals surface area contributed by atoms with Gasteiger partial charge in [0, 0.05) is 5.56 Å². The lowest BCUT2D eigenvalue weighted by Crippen LogP contribution is -1.97. The average Bonchev–Trinajstić information content (AvgIpc) is 2.83. The molecular formula is C13H16O2. The molecular weight excluding hydrogens is 188 g/mol. The van der Waals surface area contributed by atoms with Gasteiger partial charge in [0.05, 0.1) is 0 Å². The second-order valence-corrected chi connectivity index (χ2v) is 4.40. The van der Waals surface area contributed by atoms with Gasteiger partial charge in [0.25, 0.3) is 0 Å². The van der Waals surface area contributed by atoms with E-state index in [1.807, 2.05) is 0 Å². The maximum atomic E-state index is 5.60. The monoisotopic (exact) mass is 204 g/mol. The molecule has 3 rings (SSSR count). The largest absolute Gasteiger partial charge is 0.454 e. The summed E-state index contributed by atoms with van der Waals surface area (Å²) in [4.78, 5) is 0. The Bertz CT molecular complexity index is 382. The van der Waals surface area contributed by atoms with E-state index in [4.69, 9.17) is 9.47 Å². The summed E-state index contributed by atoms with van der Waals surface area (Å²) in [6.45, 7) is 2.64. The van der Waals surface area contributed by atoms with Crippen LogP contribution in [0.1, 0.15) is 43.2 Å². The van der Waals surface area contributed by atoms with Crippen LogP contribution in [0.15, 0.2) is 12.1 Å². The van der Waals surface area contributed by atoms with Crippen LogP contribution in [0.4, 0.5) is 0 Å². The van der Waals surface area contributed by atoms with Crippen LogP contribution in [0, 0.1) is 0 Å². The van der Waals surface area contributed by atoms with Gasteiger partial charge in [-0.3, -0.25) is 0 Å². The van der Waals surface area contributed by atoms with Crippen LogP contribution in [-0.4, -0.2) is 6.79 Å². The van der Waals surface area contributed by atoms with Crippen molar-refractivity contribution in [2.45, 2.75) is 38.5 Å². The van der Waals surface area contributed by atoms with Crippen LogP contribution in [0.3, 0.4) is 0 Å². The molecule has 2 nitrogen and oxygen atoms in total. The molecule has 1 unspecified atom stereocenters. The van der Waals surface area contributed by atoms with Crippen molar-refractivity contribution in [3.63, 3.8) is 0 Å². The molecule has 2 aliphatic rings. The first kappa shape index (κ1) is 9.08. The first-order valence-corrected chi connectivity index (χ1v) is 5.81. The molecule has 0 saturated heterocycles. The lowest BCUT2D eigenvalue weighted by molar-refractivity contribution is 0.173. The smallest absolute Gasteiger partial charge is 0.231 e. The predicted octanol–water partition coefficient (Wildman–Crippen LogP) is 3.25. The van der Waals surface area contributed by atoms with E-state index in [0.29, 0.717) is 12.7 Å². The molecule has 0 N–H and O–H groups in total. The van der Waals surface area contributed by atoms with E-state index >= 15 is 0 Å². The lowest BCUT2D eigenvalue weighted by Gasteiger charge is -2.12. The van der Waals surface area contributed by atoms with Crippen molar-refractivity contribution in [2.24, 2.45) is 0 Å². The van der Waals surface area contributed by atoms with Crippen molar-refractivity contribution in [1.29, 1.82) is 0 Å². The highest BCUT2D eigenvalue weighted by atomic mass is 16.7. The summed E-state index contributed by atoms with van der Waals surface area (Å²) < 4.78 is 11.0. The number of rotatable bonds is 2. The van der Waals surface area contributed by atoms with E-state index in [0.717, 1.165) is 11.5 Å². The first-order valence-electron chi connectivity index (χ1n) is 5.81. The number of hydrogen-bond acceptors (Lipinski definition) is 2. The van der Waals surface area contributed by atoms with Crippen LogP contribution < -0.4 is 9.47 Å². The fourth-order valence-electron chi connectivity index (χ4n) is 2.81. The quantitative estimate of drug-likeness (QED) is 0.736. The van der Waals surface area contributed by atoms with E-state index in [1.54, 1.807) is 0 Å². The summed E-state index contributed by atoms with van der Waals surface area (Å²) in [5.74, 6) is 2.67. The topological polar surface area (TPSA) is 18.5 Å². The number of hydrogen-bond donors (Lipinski definition) is 0. The van der Waals surface area contributed by atoms with Gasteiger partial charge in [0.15, 0.2) is 11.5 Å². The molecule has 1 aliphatic carbocycles. The highest BCUT2D eigenvalue weighted by molar-refractivity contribution is 5.55. The molecule has 0 bridgehead atoms. The molecule has 1 aliphatic heterocycles. The van der Waals surface area contributed by atoms with Gasteiger partial charge >= 0.3 is 0 Å². The Morgan fingerprint density at radius 3 is 3.13 bits per heavy atom. The van der Waals surface area contributed by atoms with Gasteiger partial charge in [-0.25, -0.2) is 0 Å². The summed E-state index contributed by atoms with van der Waals surface area (Å²) in [6, 6.07) is 4.26. The minimum Gasteiger partial charge on any atom is -0.454 e. The molecule has 0 radical (unpaired) electrons. The standard InChI is InChI=1S/C13H16O2/c1-2-3-9-4-5-10-6-7-11-13(12(9)10)15-8-14-11/h6-7,9H,2-5,8H2,1H3. The first-order chi connectivity index (χ1) is 7.40. The highest BCUT2D eigenvalue weighted by Crippen LogP contribution is 2.47. The number of ether oxygens (including phenoxy) is 2. The fraction of sp³-hybridized carbons (Fsp3) is 0.538. The van der Waals surface area contributed by atoms with Crippen molar-refractivity contribution < 1.29 is 9.47 Å². The third kappa shape index (κ3) is 1.31. The minimum atomic E-state index is 0.393. The zero-order valence-electron chi connectivity index (χ0n) is 9.08. The van der Waals surface area contributed by atoms with E-state index in [-0.39, 0.29) is 0 Å². The summed E-state index contributed by atoms with van der Waals surface area (Å²) in [7, 11) is 0. The molecule has 1 aromatic carbocycles. The van der Waals surface area contributed by atoms with Crippen LogP contribution in [0.25, 0.3) is 0 Å². The van der Waals surface area contributed by atoms with Gasteiger partial charge in [-0.05, 0) is 36.8 Å². The molecule has 0 amide bonds. The Morgan fingerprint density at radius 2 is 2.27 bits per heavy atom. The van der Waals surface area contributed by atoms with E-state index in [1.165, 1.54) is 36.8 Å². The van der Waals surface area contributed by atoms with Crippen LogP contribution in [0.2, 0.25) is 0 Å². The Morgan fingerprint density at radius 1 is 1.33 bits per heavy atom. The van der Waals surface area contributed by atoms with Gasteiger partial charge in [-0.2, -0.15) is 0 Å². The van der Waals surface area contributed by atoms with E-state index in [2.05, 4.69) is 19.1 Å². The van der Waals surface area contributed by atoms with Crippen molar-refractivity contribution in [3.8, 4) is 11.5 Å². The third-order valence-electron chi connectivity index (χ3n) is 3.48. The predicted molar refractivity (Wildman–Crippen MR) is 58.5 cm³/mol. The zero-order chi connectivity index (χ0) is 10.3. The molecule has 15 heavy (non-hydrogen) atoms. The average molecular weight is 204 g/mol. The highest BCUT2D eigenvalue weighted by Gasteiger charge is 2.30. The Labute approximate surface area is 90.2 Å². The maximum absolute atomic E-state index is 5.60. The van der Waals surface area contributed by atoms with Crippen molar-refractivity contribution in [2.75, 3.05) is 6.79 Å². The molecule has 0 saturated carbocycles. The molecule has 80 valence electrons. The second kappa shape index (κ2) is 3.44. The molecule has 1 aromatic rings. The molecule has 1 atom stereocenters. The zero-order valence-corrected chi connectivity index (χ0v) is 9.08. The van der Waals surface area contributed by atoms with Gasteiger partial charge in [-0.1, -0.05) is 19.4 Å². The SMILES string of the molecule is CCCC1CCc2ccc3c(c21)OCO3. The third-order valence-corrected chi connectivity index (χ3v) is 3.48. The molecule has 0 spiro atoms. The van der Waals surface area contributed by atoms with Gasteiger partial charge in [0.2, 0.25) is 6.79 Å². The fourth-order valence-corrected chi connectivity index (χ4v) is 2.81. The summed E-state index contributed by atoms with van der Waals surface area (Å²) in [5, 5.41) is 0. The van der Waals surface area contributed by atoms with Gasteiger partial charge in [-0.15, -0.1) is 0 Å². The van der Waals surface area contributed by atoms with Gasteiger partial charge < -0.3 is 9.47 Å².